The van der Waals surface area contributed by atoms with Crippen LogP contribution in [-0.4, -0.2) is 19.9 Å². The van der Waals surface area contributed by atoms with Crippen LogP contribution in [0.2, 0.25) is 0 Å². The van der Waals surface area contributed by atoms with Crippen LogP contribution < -0.4 is 10.5 Å². The van der Waals surface area contributed by atoms with Crippen molar-refractivity contribution in [2.45, 2.75) is 13.2 Å². The van der Waals surface area contributed by atoms with E-state index in [1.54, 1.807) is 6.33 Å². The molecule has 6 nitrogen and oxygen atoms in total. The first kappa shape index (κ1) is 11.6. The number of hydrogen-bond donors (Lipinski definition) is 2. The minimum Gasteiger partial charge on any atom is -0.471 e. The van der Waals surface area contributed by atoms with Gasteiger partial charge in [0, 0.05) is 6.54 Å². The van der Waals surface area contributed by atoms with E-state index in [0.29, 0.717) is 30.2 Å². The van der Waals surface area contributed by atoms with Crippen LogP contribution in [-0.2, 0) is 13.2 Å². The Kier molecular flexibility index (Phi) is 3.07. The molecule has 96 valence electrons. The number of imidazole rings is 1. The lowest BCUT2D eigenvalue weighted by Gasteiger charge is -2.06. The van der Waals surface area contributed by atoms with E-state index in [2.05, 4.69) is 19.9 Å². The van der Waals surface area contributed by atoms with Crippen molar-refractivity contribution in [1.82, 2.24) is 19.9 Å². The second-order valence-electron chi connectivity index (χ2n) is 4.09. The largest absolute Gasteiger partial charge is 0.471 e. The fourth-order valence-corrected chi connectivity index (χ4v) is 1.77. The van der Waals surface area contributed by atoms with E-state index >= 15 is 0 Å². The summed E-state index contributed by atoms with van der Waals surface area (Å²) in [7, 11) is 0. The minimum absolute atomic E-state index is 0.434. The Bertz CT molecular complexity index is 677. The van der Waals surface area contributed by atoms with Gasteiger partial charge in [-0.1, -0.05) is 24.3 Å². The van der Waals surface area contributed by atoms with E-state index in [1.165, 1.54) is 6.33 Å². The van der Waals surface area contributed by atoms with Crippen LogP contribution in [0.4, 0.5) is 0 Å². The first-order valence-electron chi connectivity index (χ1n) is 5.91. The topological polar surface area (TPSA) is 89.7 Å². The molecule has 3 aromatic rings. The Labute approximate surface area is 109 Å². The zero-order valence-electron chi connectivity index (χ0n) is 10.2. The number of fused-ring (bicyclic) bond motifs is 1. The number of H-pyrrole nitrogens is 1. The molecule has 0 saturated carbocycles. The van der Waals surface area contributed by atoms with Gasteiger partial charge in [-0.25, -0.2) is 9.97 Å². The number of hydrogen-bond acceptors (Lipinski definition) is 5. The molecule has 0 bridgehead atoms. The third-order valence-corrected chi connectivity index (χ3v) is 2.82. The molecule has 3 rings (SSSR count). The standard InChI is InChI=1S/C13H13N5O/c14-5-9-1-3-10(4-2-9)6-19-13-11-12(16-7-15-11)17-8-18-13/h1-4,7-8H,5-6,14H2,(H,15,16,17,18). The van der Waals surface area contributed by atoms with Crippen LogP contribution in [0.15, 0.2) is 36.9 Å². The van der Waals surface area contributed by atoms with Gasteiger partial charge in [0.05, 0.1) is 6.33 Å². The first-order valence-corrected chi connectivity index (χ1v) is 5.91. The Morgan fingerprint density at radius 3 is 2.63 bits per heavy atom. The highest BCUT2D eigenvalue weighted by Crippen LogP contribution is 2.18. The van der Waals surface area contributed by atoms with Crippen molar-refractivity contribution in [3.05, 3.63) is 48.0 Å². The third kappa shape index (κ3) is 2.38. The second kappa shape index (κ2) is 5.03. The quantitative estimate of drug-likeness (QED) is 0.735. The molecule has 6 heteroatoms. The molecule has 3 N–H and O–H groups in total. The van der Waals surface area contributed by atoms with Gasteiger partial charge in [0.25, 0.3) is 0 Å². The molecule has 0 spiro atoms. The number of benzene rings is 1. The van der Waals surface area contributed by atoms with Gasteiger partial charge in [0.2, 0.25) is 5.88 Å². The highest BCUT2D eigenvalue weighted by atomic mass is 16.5. The predicted octanol–water partition coefficient (Wildman–Crippen LogP) is 1.39. The van der Waals surface area contributed by atoms with Crippen LogP contribution >= 0.6 is 0 Å². The number of aromatic nitrogens is 4. The lowest BCUT2D eigenvalue weighted by Crippen LogP contribution is -2.00. The van der Waals surface area contributed by atoms with Crippen molar-refractivity contribution in [3.8, 4) is 5.88 Å². The van der Waals surface area contributed by atoms with Gasteiger partial charge >= 0.3 is 0 Å². The number of rotatable bonds is 4. The van der Waals surface area contributed by atoms with Crippen molar-refractivity contribution in [3.63, 3.8) is 0 Å². The smallest absolute Gasteiger partial charge is 0.245 e. The van der Waals surface area contributed by atoms with Gasteiger partial charge in [0.1, 0.15) is 12.9 Å². The summed E-state index contributed by atoms with van der Waals surface area (Å²) in [6, 6.07) is 7.96. The number of aromatic amines is 1. The maximum Gasteiger partial charge on any atom is 0.245 e. The van der Waals surface area contributed by atoms with Gasteiger partial charge in [-0.15, -0.1) is 0 Å². The first-order chi connectivity index (χ1) is 9.36. The number of ether oxygens (including phenoxy) is 1. The molecule has 0 fully saturated rings. The van der Waals surface area contributed by atoms with Crippen LogP contribution in [0, 0.1) is 0 Å². The summed E-state index contributed by atoms with van der Waals surface area (Å²) < 4.78 is 5.67. The zero-order valence-corrected chi connectivity index (χ0v) is 10.2. The zero-order chi connectivity index (χ0) is 13.1. The van der Waals surface area contributed by atoms with Crippen molar-refractivity contribution < 1.29 is 4.74 Å². The van der Waals surface area contributed by atoms with Gasteiger partial charge in [0.15, 0.2) is 11.2 Å². The molecule has 0 aliphatic rings. The summed E-state index contributed by atoms with van der Waals surface area (Å²) in [4.78, 5) is 15.2. The van der Waals surface area contributed by atoms with Gasteiger partial charge in [-0.2, -0.15) is 4.98 Å². The second-order valence-corrected chi connectivity index (χ2v) is 4.09. The van der Waals surface area contributed by atoms with E-state index in [1.807, 2.05) is 24.3 Å². The SMILES string of the molecule is NCc1ccc(COc2ncnc3[nH]cnc23)cc1. The highest BCUT2D eigenvalue weighted by Gasteiger charge is 2.07. The molecule has 2 heterocycles. The van der Waals surface area contributed by atoms with Gasteiger partial charge < -0.3 is 15.5 Å². The molecule has 0 saturated heterocycles. The lowest BCUT2D eigenvalue weighted by molar-refractivity contribution is 0.297. The molecule has 0 radical (unpaired) electrons. The monoisotopic (exact) mass is 255 g/mol. The molecule has 0 aliphatic carbocycles. The van der Waals surface area contributed by atoms with Crippen LogP contribution in [0.3, 0.4) is 0 Å². The predicted molar refractivity (Wildman–Crippen MR) is 70.3 cm³/mol. The molecule has 0 aliphatic heterocycles. The van der Waals surface area contributed by atoms with Crippen LogP contribution in [0.5, 0.6) is 5.88 Å². The van der Waals surface area contributed by atoms with E-state index < -0.39 is 0 Å². The normalized spacial score (nSPS) is 10.8. The Balaban J connectivity index is 1.76. The Hall–Kier alpha value is -2.47. The lowest BCUT2D eigenvalue weighted by atomic mass is 10.1. The molecule has 19 heavy (non-hydrogen) atoms. The molecule has 2 aromatic heterocycles. The Morgan fingerprint density at radius 1 is 1.05 bits per heavy atom. The maximum atomic E-state index is 5.67. The highest BCUT2D eigenvalue weighted by molar-refractivity contribution is 5.74. The van der Waals surface area contributed by atoms with E-state index in [9.17, 15) is 0 Å². The molecular formula is C13H13N5O. The van der Waals surface area contributed by atoms with E-state index in [4.69, 9.17) is 10.5 Å². The van der Waals surface area contributed by atoms with Crippen molar-refractivity contribution >= 4 is 11.2 Å². The van der Waals surface area contributed by atoms with Gasteiger partial charge in [-0.05, 0) is 11.1 Å². The van der Waals surface area contributed by atoms with Crippen molar-refractivity contribution in [2.24, 2.45) is 5.73 Å². The fraction of sp³-hybridized carbons (Fsp3) is 0.154. The van der Waals surface area contributed by atoms with E-state index in [0.717, 1.165) is 11.1 Å². The van der Waals surface area contributed by atoms with Gasteiger partial charge in [-0.3, -0.25) is 0 Å². The molecule has 0 unspecified atom stereocenters. The average Bonchev–Trinajstić information content (AvgIpc) is 2.94. The third-order valence-electron chi connectivity index (χ3n) is 2.82. The molecule has 0 atom stereocenters. The summed E-state index contributed by atoms with van der Waals surface area (Å²) in [6.45, 7) is 0.977. The van der Waals surface area contributed by atoms with Crippen molar-refractivity contribution in [2.75, 3.05) is 0 Å². The van der Waals surface area contributed by atoms with E-state index in [-0.39, 0.29) is 0 Å². The summed E-state index contributed by atoms with van der Waals surface area (Å²) >= 11 is 0. The number of nitrogens with one attached hydrogen (secondary N) is 1. The van der Waals surface area contributed by atoms with Crippen LogP contribution in [0.25, 0.3) is 11.2 Å². The summed E-state index contributed by atoms with van der Waals surface area (Å²) in [5.41, 5.74) is 9.02. The number of nitrogens with zero attached hydrogens (tertiary/aromatic N) is 3. The summed E-state index contributed by atoms with van der Waals surface area (Å²) in [5, 5.41) is 0. The Morgan fingerprint density at radius 2 is 1.84 bits per heavy atom. The summed E-state index contributed by atoms with van der Waals surface area (Å²) in [5.74, 6) is 0.481. The van der Waals surface area contributed by atoms with Crippen molar-refractivity contribution in [1.29, 1.82) is 0 Å². The fourth-order valence-electron chi connectivity index (χ4n) is 1.77. The maximum absolute atomic E-state index is 5.67. The minimum atomic E-state index is 0.434. The van der Waals surface area contributed by atoms with Crippen LogP contribution in [0.1, 0.15) is 11.1 Å². The average molecular weight is 255 g/mol. The molecule has 1 aromatic carbocycles. The molecule has 0 amide bonds. The summed E-state index contributed by atoms with van der Waals surface area (Å²) in [6.07, 6.45) is 3.02. The molecular weight excluding hydrogens is 242 g/mol. The number of nitrogens with two attached hydrogens (primary N) is 1.